The van der Waals surface area contributed by atoms with Crippen molar-refractivity contribution in [3.05, 3.63) is 23.8 Å². The van der Waals surface area contributed by atoms with E-state index in [4.69, 9.17) is 10.00 Å². The molecule has 1 heterocycles. The zero-order chi connectivity index (χ0) is 11.0. The molecular weight excluding hydrogens is 200 g/mol. The third-order valence-electron chi connectivity index (χ3n) is 3.59. The lowest BCUT2D eigenvalue weighted by atomic mass is 9.96. The normalized spacial score (nSPS) is 20.7. The molecule has 3 nitrogen and oxygen atoms in total. The molecule has 3 heteroatoms. The second-order valence-corrected chi connectivity index (χ2v) is 4.70. The van der Waals surface area contributed by atoms with Gasteiger partial charge in [0.2, 0.25) is 0 Å². The molecule has 0 unspecified atom stereocenters. The fourth-order valence-electron chi connectivity index (χ4n) is 2.73. The van der Waals surface area contributed by atoms with E-state index in [2.05, 4.69) is 11.4 Å². The summed E-state index contributed by atoms with van der Waals surface area (Å²) in [5, 5.41) is 12.6. The molecule has 16 heavy (non-hydrogen) atoms. The van der Waals surface area contributed by atoms with Gasteiger partial charge in [-0.25, -0.2) is 0 Å². The second-order valence-electron chi connectivity index (χ2n) is 4.70. The summed E-state index contributed by atoms with van der Waals surface area (Å²) in [6.07, 6.45) is 4.87. The van der Waals surface area contributed by atoms with Crippen molar-refractivity contribution in [1.29, 1.82) is 5.26 Å². The Morgan fingerprint density at radius 1 is 1.31 bits per heavy atom. The first kappa shape index (κ1) is 9.53. The van der Waals surface area contributed by atoms with E-state index in [-0.39, 0.29) is 5.54 Å². The highest BCUT2D eigenvalue weighted by Gasteiger charge is 2.38. The molecule has 0 atom stereocenters. The maximum absolute atomic E-state index is 8.99. The Labute approximate surface area is 95.0 Å². The lowest BCUT2D eigenvalue weighted by Crippen LogP contribution is -2.44. The summed E-state index contributed by atoms with van der Waals surface area (Å²) >= 11 is 0. The molecule has 2 aliphatic rings. The lowest BCUT2D eigenvalue weighted by molar-refractivity contribution is 0.220. The minimum atomic E-state index is 0.126. The molecule has 1 N–H and O–H groups in total. The molecule has 0 aromatic heterocycles. The van der Waals surface area contributed by atoms with Crippen molar-refractivity contribution in [3.63, 3.8) is 0 Å². The molecule has 0 saturated heterocycles. The van der Waals surface area contributed by atoms with Crippen LogP contribution in [0.15, 0.2) is 18.2 Å². The van der Waals surface area contributed by atoms with Crippen LogP contribution in [0.5, 0.6) is 5.75 Å². The van der Waals surface area contributed by atoms with Crippen LogP contribution in [0, 0.1) is 11.3 Å². The van der Waals surface area contributed by atoms with Gasteiger partial charge in [0, 0.05) is 0 Å². The van der Waals surface area contributed by atoms with Crippen molar-refractivity contribution in [2.24, 2.45) is 0 Å². The van der Waals surface area contributed by atoms with Crippen molar-refractivity contribution in [2.75, 3.05) is 11.9 Å². The third-order valence-corrected chi connectivity index (χ3v) is 3.59. The van der Waals surface area contributed by atoms with E-state index >= 15 is 0 Å². The molecule has 1 spiro atoms. The summed E-state index contributed by atoms with van der Waals surface area (Å²) in [6, 6.07) is 7.87. The van der Waals surface area contributed by atoms with E-state index in [9.17, 15) is 0 Å². The molecule has 0 bridgehead atoms. The number of nitrogens with one attached hydrogen (secondary N) is 1. The molecule has 82 valence electrons. The highest BCUT2D eigenvalue weighted by molar-refractivity contribution is 5.66. The maximum Gasteiger partial charge on any atom is 0.160 e. The number of ether oxygens (including phenoxy) is 1. The zero-order valence-electron chi connectivity index (χ0n) is 9.12. The fraction of sp³-hybridized carbons (Fsp3) is 0.462. The minimum Gasteiger partial charge on any atom is -0.488 e. The summed E-state index contributed by atoms with van der Waals surface area (Å²) in [7, 11) is 0. The van der Waals surface area contributed by atoms with Crippen LogP contribution in [0.3, 0.4) is 0 Å². The lowest BCUT2D eigenvalue weighted by Gasteiger charge is -2.36. The van der Waals surface area contributed by atoms with Crippen LogP contribution in [0.25, 0.3) is 0 Å². The number of nitriles is 1. The summed E-state index contributed by atoms with van der Waals surface area (Å²) in [6.45, 7) is 0.693. The predicted molar refractivity (Wildman–Crippen MR) is 61.5 cm³/mol. The molecule has 3 rings (SSSR count). The molecule has 0 radical (unpaired) electrons. The SMILES string of the molecule is N#Cc1cccc2c1OCC1(CCCC1)N2. The van der Waals surface area contributed by atoms with Crippen LogP contribution in [0.1, 0.15) is 31.2 Å². The Kier molecular flexibility index (Phi) is 2.03. The van der Waals surface area contributed by atoms with E-state index in [1.54, 1.807) is 6.07 Å². The van der Waals surface area contributed by atoms with Gasteiger partial charge >= 0.3 is 0 Å². The largest absolute Gasteiger partial charge is 0.488 e. The van der Waals surface area contributed by atoms with Gasteiger partial charge < -0.3 is 10.1 Å². The number of fused-ring (bicyclic) bond motifs is 1. The Morgan fingerprint density at radius 3 is 2.88 bits per heavy atom. The van der Waals surface area contributed by atoms with E-state index < -0.39 is 0 Å². The standard InChI is InChI=1S/C13H14N2O/c14-8-10-4-3-5-11-12(10)16-9-13(15-11)6-1-2-7-13/h3-5,15H,1-2,6-7,9H2. The predicted octanol–water partition coefficient (Wildman–Crippen LogP) is 2.68. The third kappa shape index (κ3) is 1.34. The van der Waals surface area contributed by atoms with Gasteiger partial charge in [0.05, 0.1) is 16.8 Å². The molecule has 0 amide bonds. The molecule has 1 aliphatic carbocycles. The average Bonchev–Trinajstić information content (AvgIpc) is 2.76. The number of hydrogen-bond donors (Lipinski definition) is 1. The highest BCUT2D eigenvalue weighted by atomic mass is 16.5. The first-order valence-corrected chi connectivity index (χ1v) is 5.77. The number of benzene rings is 1. The van der Waals surface area contributed by atoms with Crippen LogP contribution in [0.4, 0.5) is 5.69 Å². The average molecular weight is 214 g/mol. The molecule has 1 fully saturated rings. The molecular formula is C13H14N2O. The van der Waals surface area contributed by atoms with Crippen molar-refractivity contribution in [1.82, 2.24) is 0 Å². The Balaban J connectivity index is 1.98. The van der Waals surface area contributed by atoms with E-state index in [1.807, 2.05) is 12.1 Å². The van der Waals surface area contributed by atoms with Gasteiger partial charge in [-0.1, -0.05) is 18.9 Å². The number of rotatable bonds is 0. The topological polar surface area (TPSA) is 45.0 Å². The fourth-order valence-corrected chi connectivity index (χ4v) is 2.73. The summed E-state index contributed by atoms with van der Waals surface area (Å²) in [5.41, 5.74) is 1.73. The minimum absolute atomic E-state index is 0.126. The zero-order valence-corrected chi connectivity index (χ0v) is 9.12. The summed E-state index contributed by atoms with van der Waals surface area (Å²) < 4.78 is 5.80. The van der Waals surface area contributed by atoms with Gasteiger partial charge in [0.25, 0.3) is 0 Å². The van der Waals surface area contributed by atoms with Crippen LogP contribution in [-0.2, 0) is 0 Å². The van der Waals surface area contributed by atoms with Crippen LogP contribution in [-0.4, -0.2) is 12.1 Å². The molecule has 1 aromatic rings. The van der Waals surface area contributed by atoms with E-state index in [1.165, 1.54) is 25.7 Å². The van der Waals surface area contributed by atoms with Crippen molar-refractivity contribution in [2.45, 2.75) is 31.2 Å². The van der Waals surface area contributed by atoms with Crippen LogP contribution in [0.2, 0.25) is 0 Å². The van der Waals surface area contributed by atoms with Crippen molar-refractivity contribution in [3.8, 4) is 11.8 Å². The molecule has 1 aromatic carbocycles. The molecule has 1 saturated carbocycles. The smallest absolute Gasteiger partial charge is 0.160 e. The van der Waals surface area contributed by atoms with Gasteiger partial charge in [-0.3, -0.25) is 0 Å². The van der Waals surface area contributed by atoms with Gasteiger partial charge in [-0.05, 0) is 25.0 Å². The summed E-state index contributed by atoms with van der Waals surface area (Å²) in [5.74, 6) is 0.725. The Hall–Kier alpha value is -1.69. The van der Waals surface area contributed by atoms with Crippen molar-refractivity contribution < 1.29 is 4.74 Å². The van der Waals surface area contributed by atoms with Crippen molar-refractivity contribution >= 4 is 5.69 Å². The Bertz CT molecular complexity index is 455. The maximum atomic E-state index is 8.99. The Morgan fingerprint density at radius 2 is 2.12 bits per heavy atom. The van der Waals surface area contributed by atoms with Crippen LogP contribution >= 0.6 is 0 Å². The van der Waals surface area contributed by atoms with Crippen LogP contribution < -0.4 is 10.1 Å². The number of nitrogens with zero attached hydrogens (tertiary/aromatic N) is 1. The highest BCUT2D eigenvalue weighted by Crippen LogP contribution is 2.41. The first-order chi connectivity index (χ1) is 7.83. The monoisotopic (exact) mass is 214 g/mol. The molecule has 1 aliphatic heterocycles. The van der Waals surface area contributed by atoms with Gasteiger partial charge in [-0.15, -0.1) is 0 Å². The van der Waals surface area contributed by atoms with Gasteiger partial charge in [0.15, 0.2) is 5.75 Å². The number of para-hydroxylation sites is 1. The second kappa shape index (κ2) is 3.41. The quantitative estimate of drug-likeness (QED) is 0.722. The number of anilines is 1. The number of hydrogen-bond acceptors (Lipinski definition) is 3. The van der Waals surface area contributed by atoms with Gasteiger partial charge in [-0.2, -0.15) is 5.26 Å². The van der Waals surface area contributed by atoms with E-state index in [0.29, 0.717) is 12.2 Å². The van der Waals surface area contributed by atoms with Gasteiger partial charge in [0.1, 0.15) is 12.7 Å². The summed E-state index contributed by atoms with van der Waals surface area (Å²) in [4.78, 5) is 0. The van der Waals surface area contributed by atoms with E-state index in [0.717, 1.165) is 11.4 Å². The first-order valence-electron chi connectivity index (χ1n) is 5.77.